The molecule has 1 aromatic carbocycles. The highest BCUT2D eigenvalue weighted by Crippen LogP contribution is 2.62. The Kier molecular flexibility index (Phi) is 5.49. The van der Waals surface area contributed by atoms with Gasteiger partial charge in [0.05, 0.1) is 4.92 Å². The fraction of sp³-hybridized carbons (Fsp3) is 0.333. The highest BCUT2D eigenvalue weighted by atomic mass is 79.9. The summed E-state index contributed by atoms with van der Waals surface area (Å²) in [5, 5.41) is 19.3. The van der Waals surface area contributed by atoms with Crippen molar-refractivity contribution in [1.29, 1.82) is 0 Å². The number of hydrogen-bond donors (Lipinski definition) is 1. The molecule has 0 aromatic heterocycles. The van der Waals surface area contributed by atoms with E-state index in [1.54, 1.807) is 0 Å². The molecule has 1 aromatic rings. The zero-order valence-corrected chi connectivity index (χ0v) is 13.3. The standard InChI is InChI=1S/C12H13BrNO5P/c1-3-8-20(18,19-2)12(15,9-13)10-4-6-11(7-5-10)14(16)17/h4-7,15H,9H2,1-2H3/t12-,20-/m0/s1. The molecular formula is C12H13BrNO5P. The molecule has 20 heavy (non-hydrogen) atoms. The van der Waals surface area contributed by atoms with E-state index in [4.69, 9.17) is 4.52 Å². The Morgan fingerprint density at radius 2 is 2.05 bits per heavy atom. The van der Waals surface area contributed by atoms with E-state index in [-0.39, 0.29) is 16.6 Å². The minimum Gasteiger partial charge on any atom is -0.374 e. The summed E-state index contributed by atoms with van der Waals surface area (Å²) in [5.41, 5.74) is 2.51. The monoisotopic (exact) mass is 361 g/mol. The number of nitro benzene ring substituents is 1. The van der Waals surface area contributed by atoms with Crippen LogP contribution in [0.25, 0.3) is 0 Å². The first-order chi connectivity index (χ1) is 9.34. The van der Waals surface area contributed by atoms with Crippen LogP contribution in [0.1, 0.15) is 12.5 Å². The van der Waals surface area contributed by atoms with Gasteiger partial charge in [-0.1, -0.05) is 21.9 Å². The van der Waals surface area contributed by atoms with Gasteiger partial charge in [-0.05, 0) is 30.3 Å². The van der Waals surface area contributed by atoms with Crippen molar-refractivity contribution >= 4 is 29.0 Å². The molecule has 0 heterocycles. The third-order valence-electron chi connectivity index (χ3n) is 2.73. The quantitative estimate of drug-likeness (QED) is 0.286. The third kappa shape index (κ3) is 2.94. The Bertz CT molecular complexity index is 607. The molecule has 0 aliphatic heterocycles. The molecule has 6 nitrogen and oxygen atoms in total. The van der Waals surface area contributed by atoms with Crippen LogP contribution in [0.2, 0.25) is 0 Å². The highest BCUT2D eigenvalue weighted by Gasteiger charge is 2.47. The van der Waals surface area contributed by atoms with Crippen LogP contribution < -0.4 is 0 Å². The van der Waals surface area contributed by atoms with Crippen LogP contribution in [0.5, 0.6) is 0 Å². The zero-order valence-electron chi connectivity index (χ0n) is 10.9. The minimum absolute atomic E-state index is 0.0857. The molecule has 1 N–H and O–H groups in total. The Labute approximate surface area is 124 Å². The molecule has 0 amide bonds. The predicted octanol–water partition coefficient (Wildman–Crippen LogP) is 3.04. The maximum Gasteiger partial charge on any atom is 0.309 e. The van der Waals surface area contributed by atoms with Crippen LogP contribution in [-0.2, 0) is 14.4 Å². The molecule has 0 bridgehead atoms. The van der Waals surface area contributed by atoms with E-state index in [9.17, 15) is 19.8 Å². The first-order valence-electron chi connectivity index (χ1n) is 5.48. The molecule has 1 rings (SSSR count). The Hall–Kier alpha value is -1.19. The van der Waals surface area contributed by atoms with E-state index in [0.717, 1.165) is 0 Å². The van der Waals surface area contributed by atoms with Crippen molar-refractivity contribution in [3.63, 3.8) is 0 Å². The summed E-state index contributed by atoms with van der Waals surface area (Å²) in [6.07, 6.45) is 0. The SMILES string of the molecule is CC#C[P@](=O)(OC)[C@@](O)(CBr)c1ccc([N+](=O)[O-])cc1. The fourth-order valence-corrected chi connectivity index (χ4v) is 4.45. The van der Waals surface area contributed by atoms with Gasteiger partial charge in [0.1, 0.15) is 0 Å². The second-order valence-electron chi connectivity index (χ2n) is 3.85. The lowest BCUT2D eigenvalue weighted by atomic mass is 10.1. The summed E-state index contributed by atoms with van der Waals surface area (Å²) in [4.78, 5) is 10.1. The molecule has 8 heteroatoms. The molecule has 108 valence electrons. The molecule has 0 aliphatic carbocycles. The van der Waals surface area contributed by atoms with Crippen molar-refractivity contribution in [3.8, 4) is 11.6 Å². The summed E-state index contributed by atoms with van der Waals surface area (Å²) in [6, 6.07) is 5.12. The number of nitrogens with zero attached hydrogens (tertiary/aromatic N) is 1. The van der Waals surface area contributed by atoms with Crippen LogP contribution >= 0.6 is 23.3 Å². The lowest BCUT2D eigenvalue weighted by Crippen LogP contribution is -2.28. The maximum absolute atomic E-state index is 12.6. The van der Waals surface area contributed by atoms with Gasteiger partial charge in [-0.25, -0.2) is 0 Å². The van der Waals surface area contributed by atoms with E-state index in [1.165, 1.54) is 38.3 Å². The average molecular weight is 362 g/mol. The van der Waals surface area contributed by atoms with Crippen molar-refractivity contribution < 1.29 is 19.1 Å². The Balaban J connectivity index is 3.38. The van der Waals surface area contributed by atoms with Gasteiger partial charge in [-0.15, -0.1) is 0 Å². The largest absolute Gasteiger partial charge is 0.374 e. The second-order valence-corrected chi connectivity index (χ2v) is 6.84. The van der Waals surface area contributed by atoms with Crippen molar-refractivity contribution in [2.75, 3.05) is 12.4 Å². The van der Waals surface area contributed by atoms with E-state index in [2.05, 4.69) is 27.5 Å². The zero-order chi connectivity index (χ0) is 15.4. The van der Waals surface area contributed by atoms with Gasteiger partial charge >= 0.3 is 7.37 Å². The summed E-state index contributed by atoms with van der Waals surface area (Å²) in [7, 11) is -2.51. The number of aliphatic hydroxyl groups is 1. The van der Waals surface area contributed by atoms with E-state index in [1.807, 2.05) is 0 Å². The number of hydrogen-bond acceptors (Lipinski definition) is 5. The van der Waals surface area contributed by atoms with E-state index in [0.29, 0.717) is 0 Å². The molecule has 0 radical (unpaired) electrons. The van der Waals surface area contributed by atoms with Gasteiger partial charge in [-0.3, -0.25) is 14.7 Å². The van der Waals surface area contributed by atoms with Crippen LogP contribution in [0.15, 0.2) is 24.3 Å². The van der Waals surface area contributed by atoms with Crippen LogP contribution in [0.4, 0.5) is 5.69 Å². The van der Waals surface area contributed by atoms with Crippen LogP contribution in [-0.4, -0.2) is 22.5 Å². The predicted molar refractivity (Wildman–Crippen MR) is 78.9 cm³/mol. The van der Waals surface area contributed by atoms with Crippen molar-refractivity contribution in [2.45, 2.75) is 12.3 Å². The topological polar surface area (TPSA) is 89.7 Å². The van der Waals surface area contributed by atoms with Gasteiger partial charge in [0.2, 0.25) is 0 Å². The Morgan fingerprint density at radius 3 is 2.40 bits per heavy atom. The first kappa shape index (κ1) is 16.9. The minimum atomic E-state index is -3.71. The first-order valence-corrected chi connectivity index (χ1v) is 8.22. The summed E-state index contributed by atoms with van der Waals surface area (Å²) >= 11 is 3.10. The lowest BCUT2D eigenvalue weighted by molar-refractivity contribution is -0.384. The van der Waals surface area contributed by atoms with Gasteiger partial charge in [0.25, 0.3) is 5.69 Å². The molecule has 0 aliphatic rings. The van der Waals surface area contributed by atoms with Gasteiger partial charge in [0, 0.05) is 24.6 Å². The van der Waals surface area contributed by atoms with E-state index < -0.39 is 17.6 Å². The molecule has 0 unspecified atom stereocenters. The third-order valence-corrected chi connectivity index (χ3v) is 6.40. The number of alkyl halides is 1. The van der Waals surface area contributed by atoms with Crippen molar-refractivity contribution in [1.82, 2.24) is 0 Å². The van der Waals surface area contributed by atoms with Gasteiger partial charge < -0.3 is 9.63 Å². The van der Waals surface area contributed by atoms with Crippen LogP contribution in [0.3, 0.4) is 0 Å². The number of nitro groups is 1. The van der Waals surface area contributed by atoms with E-state index >= 15 is 0 Å². The summed E-state index contributed by atoms with van der Waals surface area (Å²) < 4.78 is 17.6. The normalized spacial score (nSPS) is 16.4. The van der Waals surface area contributed by atoms with Crippen molar-refractivity contribution in [3.05, 3.63) is 39.9 Å². The van der Waals surface area contributed by atoms with Gasteiger partial charge in [0.15, 0.2) is 5.34 Å². The molecule has 0 spiro atoms. The lowest BCUT2D eigenvalue weighted by Gasteiger charge is -2.30. The summed E-state index contributed by atoms with van der Waals surface area (Å²) in [5.74, 6) is 2.47. The maximum atomic E-state index is 12.6. The molecule has 0 fully saturated rings. The van der Waals surface area contributed by atoms with Gasteiger partial charge in [-0.2, -0.15) is 0 Å². The average Bonchev–Trinajstić information content (AvgIpc) is 2.46. The Morgan fingerprint density at radius 1 is 1.50 bits per heavy atom. The number of benzene rings is 1. The fourth-order valence-electron chi connectivity index (χ4n) is 1.61. The number of non-ortho nitro benzene ring substituents is 1. The summed E-state index contributed by atoms with van der Waals surface area (Å²) in [6.45, 7) is 1.48. The second kappa shape index (κ2) is 6.51. The number of rotatable bonds is 5. The smallest absolute Gasteiger partial charge is 0.309 e. The van der Waals surface area contributed by atoms with Crippen molar-refractivity contribution in [2.24, 2.45) is 0 Å². The molecule has 0 saturated carbocycles. The van der Waals surface area contributed by atoms with Crippen LogP contribution in [0, 0.1) is 21.7 Å². The molecular weight excluding hydrogens is 349 g/mol. The number of halogens is 1. The molecule has 2 atom stereocenters. The highest BCUT2D eigenvalue weighted by molar-refractivity contribution is 9.09. The molecule has 0 saturated heterocycles.